The van der Waals surface area contributed by atoms with Gasteiger partial charge in [0.25, 0.3) is 5.56 Å². The Kier molecular flexibility index (Phi) is 2.04. The summed E-state index contributed by atoms with van der Waals surface area (Å²) in [6.45, 7) is 0. The summed E-state index contributed by atoms with van der Waals surface area (Å²) < 4.78 is 2.45. The largest absolute Gasteiger partial charge is 0.275 e. The Bertz CT molecular complexity index is 687. The van der Waals surface area contributed by atoms with E-state index in [1.54, 1.807) is 18.5 Å². The maximum atomic E-state index is 12.0. The number of hydrogen-bond donors (Lipinski definition) is 0. The molecule has 0 fully saturated rings. The van der Waals surface area contributed by atoms with Gasteiger partial charge in [0.15, 0.2) is 0 Å². The lowest BCUT2D eigenvalue weighted by Gasteiger charge is -1.94. The molecule has 0 saturated heterocycles. The lowest BCUT2D eigenvalue weighted by molar-refractivity contribution is 0.974. The molecule has 0 unspecified atom stereocenters. The Hall–Kier alpha value is -2.01. The standard InChI is InChI=1S/C11H7N3OS/c15-10-8-4-1-2-5-9(8)16-14(10)11-12-6-3-7-13-11/h1-7H. The highest BCUT2D eigenvalue weighted by Crippen LogP contribution is 2.17. The van der Waals surface area contributed by atoms with Gasteiger partial charge in [0.05, 0.1) is 10.1 Å². The molecule has 3 aromatic rings. The van der Waals surface area contributed by atoms with Gasteiger partial charge in [-0.2, -0.15) is 3.96 Å². The van der Waals surface area contributed by atoms with Crippen LogP contribution in [0.2, 0.25) is 0 Å². The Balaban J connectivity index is 2.34. The van der Waals surface area contributed by atoms with Gasteiger partial charge in [-0.05, 0) is 29.7 Å². The van der Waals surface area contributed by atoms with Crippen LogP contribution in [0.4, 0.5) is 0 Å². The topological polar surface area (TPSA) is 47.8 Å². The highest BCUT2D eigenvalue weighted by Gasteiger charge is 2.09. The second-order valence-corrected chi connectivity index (χ2v) is 4.22. The van der Waals surface area contributed by atoms with Gasteiger partial charge >= 0.3 is 0 Å². The predicted octanol–water partition coefficient (Wildman–Crippen LogP) is 1.84. The van der Waals surface area contributed by atoms with Crippen LogP contribution in [0.1, 0.15) is 0 Å². The number of benzene rings is 1. The molecule has 4 nitrogen and oxygen atoms in total. The molecule has 1 aromatic carbocycles. The van der Waals surface area contributed by atoms with Crippen molar-refractivity contribution < 1.29 is 0 Å². The first-order chi connectivity index (χ1) is 7.86. The second-order valence-electron chi connectivity index (χ2n) is 3.24. The van der Waals surface area contributed by atoms with Crippen molar-refractivity contribution in [2.24, 2.45) is 0 Å². The predicted molar refractivity (Wildman–Crippen MR) is 63.0 cm³/mol. The Morgan fingerprint density at radius 3 is 2.56 bits per heavy atom. The van der Waals surface area contributed by atoms with Crippen LogP contribution in [-0.4, -0.2) is 13.9 Å². The normalized spacial score (nSPS) is 10.8. The number of hydrogen-bond acceptors (Lipinski definition) is 4. The number of aromatic nitrogens is 3. The van der Waals surface area contributed by atoms with E-state index in [4.69, 9.17) is 0 Å². The van der Waals surface area contributed by atoms with Crippen LogP contribution >= 0.6 is 11.5 Å². The zero-order valence-corrected chi connectivity index (χ0v) is 9.02. The van der Waals surface area contributed by atoms with Crippen molar-refractivity contribution in [2.75, 3.05) is 0 Å². The fourth-order valence-electron chi connectivity index (χ4n) is 1.50. The molecule has 0 amide bonds. The molecule has 0 spiro atoms. The molecule has 16 heavy (non-hydrogen) atoms. The van der Waals surface area contributed by atoms with Crippen LogP contribution in [0.15, 0.2) is 47.5 Å². The van der Waals surface area contributed by atoms with E-state index in [2.05, 4.69) is 9.97 Å². The summed E-state index contributed by atoms with van der Waals surface area (Å²) in [5.74, 6) is 0.425. The number of rotatable bonds is 1. The summed E-state index contributed by atoms with van der Waals surface area (Å²) >= 11 is 1.36. The van der Waals surface area contributed by atoms with E-state index in [0.717, 1.165) is 4.70 Å². The molecule has 0 atom stereocenters. The minimum Gasteiger partial charge on any atom is -0.267 e. The molecule has 3 rings (SSSR count). The van der Waals surface area contributed by atoms with Gasteiger partial charge < -0.3 is 0 Å². The molecule has 0 bridgehead atoms. The fourth-order valence-corrected chi connectivity index (χ4v) is 2.45. The first kappa shape index (κ1) is 9.23. The maximum absolute atomic E-state index is 12.0. The summed E-state index contributed by atoms with van der Waals surface area (Å²) in [6.07, 6.45) is 3.25. The molecule has 78 valence electrons. The summed E-state index contributed by atoms with van der Waals surface area (Å²) in [5, 5.41) is 0.708. The van der Waals surface area contributed by atoms with Crippen LogP contribution in [0.3, 0.4) is 0 Å². The molecule has 0 saturated carbocycles. The van der Waals surface area contributed by atoms with E-state index in [1.807, 2.05) is 24.3 Å². The summed E-state index contributed by atoms with van der Waals surface area (Å²) in [7, 11) is 0. The van der Waals surface area contributed by atoms with Crippen LogP contribution < -0.4 is 5.56 Å². The van der Waals surface area contributed by atoms with E-state index in [-0.39, 0.29) is 5.56 Å². The Labute approximate surface area is 95.0 Å². The molecular weight excluding hydrogens is 222 g/mol. The quantitative estimate of drug-likeness (QED) is 0.639. The van der Waals surface area contributed by atoms with Gasteiger partial charge in [0, 0.05) is 12.4 Å². The van der Waals surface area contributed by atoms with E-state index in [1.165, 1.54) is 15.5 Å². The van der Waals surface area contributed by atoms with E-state index in [0.29, 0.717) is 11.3 Å². The lowest BCUT2D eigenvalue weighted by Crippen LogP contribution is -2.13. The van der Waals surface area contributed by atoms with Gasteiger partial charge in [-0.15, -0.1) is 0 Å². The molecule has 2 heterocycles. The van der Waals surface area contributed by atoms with Crippen molar-refractivity contribution in [1.82, 2.24) is 13.9 Å². The average molecular weight is 229 g/mol. The Morgan fingerprint density at radius 2 is 1.81 bits per heavy atom. The second kappa shape index (κ2) is 3.53. The van der Waals surface area contributed by atoms with E-state index in [9.17, 15) is 4.79 Å². The highest BCUT2D eigenvalue weighted by atomic mass is 32.1. The molecule has 0 aliphatic carbocycles. The summed E-state index contributed by atoms with van der Waals surface area (Å²) in [4.78, 5) is 20.2. The van der Waals surface area contributed by atoms with Crippen molar-refractivity contribution in [3.8, 4) is 5.95 Å². The SMILES string of the molecule is O=c1c2ccccc2sn1-c1ncccn1. The smallest absolute Gasteiger partial charge is 0.267 e. The van der Waals surface area contributed by atoms with Gasteiger partial charge in [0.2, 0.25) is 5.95 Å². The van der Waals surface area contributed by atoms with Crippen LogP contribution in [0, 0.1) is 0 Å². The molecule has 2 aromatic heterocycles. The zero-order chi connectivity index (χ0) is 11.0. The van der Waals surface area contributed by atoms with Crippen molar-refractivity contribution in [3.63, 3.8) is 0 Å². The van der Waals surface area contributed by atoms with Crippen LogP contribution in [0.5, 0.6) is 0 Å². The van der Waals surface area contributed by atoms with E-state index >= 15 is 0 Å². The molecule has 0 aliphatic rings. The molecular formula is C11H7N3OS. The number of fused-ring (bicyclic) bond motifs is 1. The summed E-state index contributed by atoms with van der Waals surface area (Å²) in [5.41, 5.74) is -0.0631. The molecule has 0 aliphatic heterocycles. The fraction of sp³-hybridized carbons (Fsp3) is 0. The van der Waals surface area contributed by atoms with Gasteiger partial charge in [-0.3, -0.25) is 4.79 Å². The third-order valence-electron chi connectivity index (χ3n) is 2.23. The average Bonchev–Trinajstić information content (AvgIpc) is 2.69. The molecule has 0 N–H and O–H groups in total. The van der Waals surface area contributed by atoms with Crippen molar-refractivity contribution in [3.05, 3.63) is 53.1 Å². The minimum absolute atomic E-state index is 0.0631. The summed E-state index contributed by atoms with van der Waals surface area (Å²) in [6, 6.07) is 9.22. The lowest BCUT2D eigenvalue weighted by atomic mass is 10.3. The van der Waals surface area contributed by atoms with E-state index < -0.39 is 0 Å². The van der Waals surface area contributed by atoms with Crippen molar-refractivity contribution in [2.45, 2.75) is 0 Å². The maximum Gasteiger partial charge on any atom is 0.275 e. The van der Waals surface area contributed by atoms with Crippen LogP contribution in [-0.2, 0) is 0 Å². The van der Waals surface area contributed by atoms with Crippen LogP contribution in [0.25, 0.3) is 16.0 Å². The van der Waals surface area contributed by atoms with Crippen molar-refractivity contribution >= 4 is 21.6 Å². The molecule has 0 radical (unpaired) electrons. The first-order valence-corrected chi connectivity index (χ1v) is 5.52. The third-order valence-corrected chi connectivity index (χ3v) is 3.29. The Morgan fingerprint density at radius 1 is 1.06 bits per heavy atom. The van der Waals surface area contributed by atoms with Gasteiger partial charge in [-0.1, -0.05) is 12.1 Å². The highest BCUT2D eigenvalue weighted by molar-refractivity contribution is 7.14. The first-order valence-electron chi connectivity index (χ1n) is 4.75. The molecule has 5 heteroatoms. The minimum atomic E-state index is -0.0631. The monoisotopic (exact) mass is 229 g/mol. The zero-order valence-electron chi connectivity index (χ0n) is 8.20. The van der Waals surface area contributed by atoms with Gasteiger partial charge in [-0.25, -0.2) is 9.97 Å². The third kappa shape index (κ3) is 1.33. The van der Waals surface area contributed by atoms with Gasteiger partial charge in [0.1, 0.15) is 0 Å². The van der Waals surface area contributed by atoms with Crippen molar-refractivity contribution in [1.29, 1.82) is 0 Å². The number of nitrogens with zero attached hydrogens (tertiary/aromatic N) is 3.